The molecule has 0 aliphatic carbocycles. The Bertz CT molecular complexity index is 1240. The van der Waals surface area contributed by atoms with Crippen LogP contribution in [0.3, 0.4) is 0 Å². The van der Waals surface area contributed by atoms with Crippen molar-refractivity contribution in [3.05, 3.63) is 65.4 Å². The highest BCUT2D eigenvalue weighted by Crippen LogP contribution is 2.33. The standard InChI is InChI=1S/C27H31N5O4/c1-30-13-15-31(16-14-30)27-28-23-11-12-32(26(33)21-9-4-5-10-24(21)35-3)18-22(23)25(29-27)36-20-8-6-7-19(17-20)34-2/h4-10,17H,11-16,18H2,1-3H3. The molecule has 0 atom stereocenters. The number of hydrogen-bond acceptors (Lipinski definition) is 8. The van der Waals surface area contributed by atoms with Gasteiger partial charge in [0.05, 0.1) is 37.6 Å². The summed E-state index contributed by atoms with van der Waals surface area (Å²) in [6.45, 7) is 4.52. The van der Waals surface area contributed by atoms with Crippen molar-refractivity contribution in [3.63, 3.8) is 0 Å². The van der Waals surface area contributed by atoms with Crippen molar-refractivity contribution in [3.8, 4) is 23.1 Å². The largest absolute Gasteiger partial charge is 0.497 e. The van der Waals surface area contributed by atoms with Gasteiger partial charge in [-0.1, -0.05) is 18.2 Å². The number of likely N-dealkylation sites (N-methyl/N-ethyl adjacent to an activating group) is 1. The van der Waals surface area contributed by atoms with Crippen molar-refractivity contribution >= 4 is 11.9 Å². The Balaban J connectivity index is 1.49. The van der Waals surface area contributed by atoms with Gasteiger partial charge in [0.1, 0.15) is 17.2 Å². The molecule has 36 heavy (non-hydrogen) atoms. The van der Waals surface area contributed by atoms with Crippen LogP contribution in [-0.2, 0) is 13.0 Å². The van der Waals surface area contributed by atoms with Gasteiger partial charge in [0.2, 0.25) is 11.8 Å². The average Bonchev–Trinajstić information content (AvgIpc) is 2.92. The number of carbonyl (C=O) groups excluding carboxylic acids is 1. The summed E-state index contributed by atoms with van der Waals surface area (Å²) in [6.07, 6.45) is 0.619. The Labute approximate surface area is 211 Å². The Morgan fingerprint density at radius 3 is 2.44 bits per heavy atom. The number of amides is 1. The van der Waals surface area contributed by atoms with Crippen LogP contribution < -0.4 is 19.1 Å². The molecule has 0 bridgehead atoms. The third kappa shape index (κ3) is 4.92. The summed E-state index contributed by atoms with van der Waals surface area (Å²) in [5, 5.41) is 0. The molecule has 2 aliphatic heterocycles. The molecule has 2 aromatic carbocycles. The third-order valence-electron chi connectivity index (χ3n) is 6.68. The van der Waals surface area contributed by atoms with Gasteiger partial charge in [-0.15, -0.1) is 0 Å². The predicted molar refractivity (Wildman–Crippen MR) is 136 cm³/mol. The fourth-order valence-corrected chi connectivity index (χ4v) is 4.54. The lowest BCUT2D eigenvalue weighted by Gasteiger charge is -2.34. The summed E-state index contributed by atoms with van der Waals surface area (Å²) >= 11 is 0. The zero-order chi connectivity index (χ0) is 25.1. The number of benzene rings is 2. The molecule has 1 aromatic heterocycles. The second-order valence-electron chi connectivity index (χ2n) is 9.00. The van der Waals surface area contributed by atoms with Gasteiger partial charge in [-0.2, -0.15) is 4.98 Å². The van der Waals surface area contributed by atoms with E-state index in [1.165, 1.54) is 0 Å². The number of ether oxygens (including phenoxy) is 3. The smallest absolute Gasteiger partial charge is 0.257 e. The number of hydrogen-bond donors (Lipinski definition) is 0. The molecule has 0 unspecified atom stereocenters. The van der Waals surface area contributed by atoms with Gasteiger partial charge in [0.15, 0.2) is 0 Å². The topological polar surface area (TPSA) is 80.3 Å². The fraction of sp³-hybridized carbons (Fsp3) is 0.370. The number of piperazine rings is 1. The zero-order valence-electron chi connectivity index (χ0n) is 20.9. The molecule has 3 aromatic rings. The molecular weight excluding hydrogens is 458 g/mol. The number of anilines is 1. The van der Waals surface area contributed by atoms with E-state index in [4.69, 9.17) is 24.2 Å². The van der Waals surface area contributed by atoms with Gasteiger partial charge in [-0.3, -0.25) is 4.79 Å². The van der Waals surface area contributed by atoms with Crippen LogP contribution in [-0.4, -0.2) is 79.7 Å². The summed E-state index contributed by atoms with van der Waals surface area (Å²) < 4.78 is 17.1. The first-order valence-corrected chi connectivity index (χ1v) is 12.1. The molecular formula is C27H31N5O4. The summed E-state index contributed by atoms with van der Waals surface area (Å²) in [4.78, 5) is 29.5. The molecule has 1 fully saturated rings. The summed E-state index contributed by atoms with van der Waals surface area (Å²) in [5.74, 6) is 2.93. The minimum absolute atomic E-state index is 0.0893. The van der Waals surface area contributed by atoms with Crippen LogP contribution in [0.4, 0.5) is 5.95 Å². The van der Waals surface area contributed by atoms with Crippen LogP contribution >= 0.6 is 0 Å². The number of nitrogens with zero attached hydrogens (tertiary/aromatic N) is 5. The molecule has 0 saturated carbocycles. The molecule has 0 N–H and O–H groups in total. The fourth-order valence-electron chi connectivity index (χ4n) is 4.54. The summed E-state index contributed by atoms with van der Waals surface area (Å²) in [5.41, 5.74) is 2.28. The lowest BCUT2D eigenvalue weighted by molar-refractivity contribution is 0.0728. The maximum atomic E-state index is 13.4. The second kappa shape index (κ2) is 10.4. The zero-order valence-corrected chi connectivity index (χ0v) is 20.9. The summed E-state index contributed by atoms with van der Waals surface area (Å²) in [7, 11) is 5.32. The van der Waals surface area contributed by atoms with Crippen molar-refractivity contribution in [2.75, 3.05) is 58.9 Å². The van der Waals surface area contributed by atoms with Crippen molar-refractivity contribution < 1.29 is 19.0 Å². The van der Waals surface area contributed by atoms with Crippen LogP contribution in [0.5, 0.6) is 23.1 Å². The number of carbonyl (C=O) groups is 1. The Kier molecular flexibility index (Phi) is 6.90. The van der Waals surface area contributed by atoms with E-state index in [-0.39, 0.29) is 5.91 Å². The maximum absolute atomic E-state index is 13.4. The van der Waals surface area contributed by atoms with E-state index in [9.17, 15) is 4.79 Å². The predicted octanol–water partition coefficient (Wildman–Crippen LogP) is 3.24. The van der Waals surface area contributed by atoms with E-state index < -0.39 is 0 Å². The number of fused-ring (bicyclic) bond motifs is 1. The van der Waals surface area contributed by atoms with Crippen molar-refractivity contribution in [2.24, 2.45) is 0 Å². The molecule has 9 nitrogen and oxygen atoms in total. The van der Waals surface area contributed by atoms with E-state index in [0.29, 0.717) is 54.2 Å². The summed E-state index contributed by atoms with van der Waals surface area (Å²) in [6, 6.07) is 14.7. The highest BCUT2D eigenvalue weighted by atomic mass is 16.5. The molecule has 5 rings (SSSR count). The Morgan fingerprint density at radius 1 is 0.889 bits per heavy atom. The van der Waals surface area contributed by atoms with Crippen LogP contribution in [0.2, 0.25) is 0 Å². The second-order valence-corrected chi connectivity index (χ2v) is 9.00. The van der Waals surface area contributed by atoms with E-state index in [1.54, 1.807) is 31.3 Å². The lowest BCUT2D eigenvalue weighted by atomic mass is 10.0. The molecule has 1 saturated heterocycles. The van der Waals surface area contributed by atoms with Crippen molar-refractivity contribution in [2.45, 2.75) is 13.0 Å². The maximum Gasteiger partial charge on any atom is 0.257 e. The van der Waals surface area contributed by atoms with E-state index in [2.05, 4.69) is 16.8 Å². The quantitative estimate of drug-likeness (QED) is 0.522. The lowest BCUT2D eigenvalue weighted by Crippen LogP contribution is -2.45. The van der Waals surface area contributed by atoms with Crippen molar-refractivity contribution in [1.29, 1.82) is 0 Å². The van der Waals surface area contributed by atoms with E-state index in [0.717, 1.165) is 37.4 Å². The highest BCUT2D eigenvalue weighted by molar-refractivity contribution is 5.97. The first kappa shape index (κ1) is 23.9. The van der Waals surface area contributed by atoms with Crippen LogP contribution in [0.1, 0.15) is 21.6 Å². The van der Waals surface area contributed by atoms with Gasteiger partial charge < -0.3 is 28.9 Å². The number of para-hydroxylation sites is 1. The molecule has 1 amide bonds. The van der Waals surface area contributed by atoms with Gasteiger partial charge in [-0.05, 0) is 31.3 Å². The molecule has 0 radical (unpaired) electrons. The Morgan fingerprint density at radius 2 is 1.67 bits per heavy atom. The average molecular weight is 490 g/mol. The minimum Gasteiger partial charge on any atom is -0.497 e. The molecule has 9 heteroatoms. The SMILES string of the molecule is COc1cccc(Oc2nc(N3CCN(C)CC3)nc3c2CN(C(=O)c2ccccc2OC)CC3)c1. The first-order valence-electron chi connectivity index (χ1n) is 12.1. The minimum atomic E-state index is -0.0893. The van der Waals surface area contributed by atoms with Crippen LogP contribution in [0, 0.1) is 0 Å². The highest BCUT2D eigenvalue weighted by Gasteiger charge is 2.30. The third-order valence-corrected chi connectivity index (χ3v) is 6.68. The monoisotopic (exact) mass is 489 g/mol. The van der Waals surface area contributed by atoms with Gasteiger partial charge >= 0.3 is 0 Å². The van der Waals surface area contributed by atoms with E-state index in [1.807, 2.05) is 36.4 Å². The van der Waals surface area contributed by atoms with Crippen molar-refractivity contribution in [1.82, 2.24) is 19.8 Å². The normalized spacial score (nSPS) is 15.9. The molecule has 2 aliphatic rings. The molecule has 188 valence electrons. The van der Waals surface area contributed by atoms with Gasteiger partial charge in [0, 0.05) is 45.2 Å². The van der Waals surface area contributed by atoms with Gasteiger partial charge in [-0.25, -0.2) is 4.98 Å². The number of rotatable bonds is 6. The molecule has 3 heterocycles. The van der Waals surface area contributed by atoms with Crippen LogP contribution in [0.15, 0.2) is 48.5 Å². The Hall–Kier alpha value is -3.85. The number of aromatic nitrogens is 2. The molecule has 0 spiro atoms. The van der Waals surface area contributed by atoms with E-state index >= 15 is 0 Å². The first-order chi connectivity index (χ1) is 17.6. The number of methoxy groups -OCH3 is 2. The van der Waals surface area contributed by atoms with Gasteiger partial charge in [0.25, 0.3) is 5.91 Å². The van der Waals surface area contributed by atoms with Crippen LogP contribution in [0.25, 0.3) is 0 Å².